The fraction of sp³-hybridized carbons (Fsp3) is 0.625. The number of nitrogens with zero attached hydrogens (tertiary/aromatic N) is 2. The summed E-state index contributed by atoms with van der Waals surface area (Å²) in [5.74, 6) is 0.920. The van der Waals surface area contributed by atoms with Gasteiger partial charge in [0.1, 0.15) is 5.75 Å². The zero-order valence-electron chi connectivity index (χ0n) is 12.8. The van der Waals surface area contributed by atoms with Gasteiger partial charge < -0.3 is 9.84 Å². The lowest BCUT2D eigenvalue weighted by Gasteiger charge is -2.37. The zero-order valence-corrected chi connectivity index (χ0v) is 12.8. The highest BCUT2D eigenvalue weighted by Gasteiger charge is 2.22. The van der Waals surface area contributed by atoms with Gasteiger partial charge in [-0.25, -0.2) is 0 Å². The molecule has 1 heterocycles. The van der Waals surface area contributed by atoms with Crippen molar-refractivity contribution in [1.29, 1.82) is 0 Å². The predicted molar refractivity (Wildman–Crippen MR) is 81.0 cm³/mol. The van der Waals surface area contributed by atoms with Gasteiger partial charge in [0.25, 0.3) is 0 Å². The van der Waals surface area contributed by atoms with E-state index in [2.05, 4.69) is 21.9 Å². The van der Waals surface area contributed by atoms with Gasteiger partial charge in [0.15, 0.2) is 0 Å². The van der Waals surface area contributed by atoms with E-state index in [0.717, 1.165) is 45.0 Å². The smallest absolute Gasteiger partial charge is 0.119 e. The first-order chi connectivity index (χ1) is 9.46. The standard InChI is InChI=1S/C16H26N2O2/c1-16(2,19)13-18-9-7-17(8-10-18)12-14-5-4-6-15(11-14)20-3/h4-6,11,19H,7-10,12-13H2,1-3H3. The van der Waals surface area contributed by atoms with Crippen molar-refractivity contribution in [2.24, 2.45) is 0 Å². The molecule has 1 N–H and O–H groups in total. The highest BCUT2D eigenvalue weighted by atomic mass is 16.5. The van der Waals surface area contributed by atoms with Crippen LogP contribution >= 0.6 is 0 Å². The molecular weight excluding hydrogens is 252 g/mol. The Bertz CT molecular complexity index is 421. The minimum Gasteiger partial charge on any atom is -0.497 e. The third-order valence-electron chi connectivity index (χ3n) is 3.62. The summed E-state index contributed by atoms with van der Waals surface area (Å²) in [6.45, 7) is 9.60. The van der Waals surface area contributed by atoms with Crippen LogP contribution in [0.3, 0.4) is 0 Å². The Labute approximate surface area is 122 Å². The summed E-state index contributed by atoms with van der Waals surface area (Å²) >= 11 is 0. The number of methoxy groups -OCH3 is 1. The van der Waals surface area contributed by atoms with E-state index in [0.29, 0.717) is 0 Å². The lowest BCUT2D eigenvalue weighted by molar-refractivity contribution is 0.0166. The van der Waals surface area contributed by atoms with Gasteiger partial charge >= 0.3 is 0 Å². The molecule has 1 aromatic rings. The second kappa shape index (κ2) is 6.57. The molecule has 112 valence electrons. The van der Waals surface area contributed by atoms with Crippen molar-refractivity contribution < 1.29 is 9.84 Å². The van der Waals surface area contributed by atoms with Crippen LogP contribution in [0.5, 0.6) is 5.75 Å². The Kier molecular flexibility index (Phi) is 5.02. The number of hydrogen-bond donors (Lipinski definition) is 1. The molecule has 4 nitrogen and oxygen atoms in total. The van der Waals surface area contributed by atoms with Crippen LogP contribution in [0.4, 0.5) is 0 Å². The summed E-state index contributed by atoms with van der Waals surface area (Å²) in [5.41, 5.74) is 0.690. The van der Waals surface area contributed by atoms with Gasteiger partial charge in [0, 0.05) is 39.3 Å². The van der Waals surface area contributed by atoms with Gasteiger partial charge in [-0.1, -0.05) is 12.1 Å². The molecule has 0 atom stereocenters. The Morgan fingerprint density at radius 3 is 2.40 bits per heavy atom. The van der Waals surface area contributed by atoms with Gasteiger partial charge in [0.05, 0.1) is 12.7 Å². The number of hydrogen-bond acceptors (Lipinski definition) is 4. The second-order valence-electron chi connectivity index (χ2n) is 6.22. The van der Waals surface area contributed by atoms with E-state index >= 15 is 0 Å². The van der Waals surface area contributed by atoms with E-state index in [1.807, 2.05) is 26.0 Å². The number of piperazine rings is 1. The van der Waals surface area contributed by atoms with Crippen molar-refractivity contribution >= 4 is 0 Å². The van der Waals surface area contributed by atoms with Crippen molar-refractivity contribution in [2.75, 3.05) is 39.8 Å². The first-order valence-electron chi connectivity index (χ1n) is 7.26. The van der Waals surface area contributed by atoms with Crippen LogP contribution in [-0.4, -0.2) is 60.3 Å². The molecule has 0 aromatic heterocycles. The minimum atomic E-state index is -0.602. The summed E-state index contributed by atoms with van der Waals surface area (Å²) < 4.78 is 5.26. The summed E-state index contributed by atoms with van der Waals surface area (Å²) in [7, 11) is 1.70. The summed E-state index contributed by atoms with van der Waals surface area (Å²) in [6, 6.07) is 8.26. The number of benzene rings is 1. The molecule has 0 spiro atoms. The Balaban J connectivity index is 1.82. The minimum absolute atomic E-state index is 0.602. The largest absolute Gasteiger partial charge is 0.497 e. The molecule has 0 aliphatic carbocycles. The third kappa shape index (κ3) is 4.78. The fourth-order valence-electron chi connectivity index (χ4n) is 2.68. The number of β-amino-alcohol motifs (C(OH)–C–C–N with tert-alkyl or cyclic N) is 1. The molecule has 0 bridgehead atoms. The first kappa shape index (κ1) is 15.3. The van der Waals surface area contributed by atoms with E-state index in [1.165, 1.54) is 5.56 Å². The summed E-state index contributed by atoms with van der Waals surface area (Å²) in [6.07, 6.45) is 0. The molecule has 1 aliphatic rings. The van der Waals surface area contributed by atoms with Gasteiger partial charge in [0.2, 0.25) is 0 Å². The molecule has 0 saturated carbocycles. The number of rotatable bonds is 5. The average Bonchev–Trinajstić information content (AvgIpc) is 2.40. The maximum absolute atomic E-state index is 9.86. The summed E-state index contributed by atoms with van der Waals surface area (Å²) in [4.78, 5) is 4.79. The third-order valence-corrected chi connectivity index (χ3v) is 3.62. The molecule has 1 fully saturated rings. The lowest BCUT2D eigenvalue weighted by Crippen LogP contribution is -2.50. The highest BCUT2D eigenvalue weighted by molar-refractivity contribution is 5.28. The summed E-state index contributed by atoms with van der Waals surface area (Å²) in [5, 5.41) is 9.86. The van der Waals surface area contributed by atoms with Gasteiger partial charge in [-0.15, -0.1) is 0 Å². The highest BCUT2D eigenvalue weighted by Crippen LogP contribution is 2.16. The van der Waals surface area contributed by atoms with Crippen LogP contribution in [-0.2, 0) is 6.54 Å². The van der Waals surface area contributed by atoms with E-state index in [1.54, 1.807) is 7.11 Å². The van der Waals surface area contributed by atoms with E-state index in [-0.39, 0.29) is 0 Å². The van der Waals surface area contributed by atoms with E-state index < -0.39 is 5.60 Å². The number of ether oxygens (including phenoxy) is 1. The maximum atomic E-state index is 9.86. The molecule has 1 aromatic carbocycles. The SMILES string of the molecule is COc1cccc(CN2CCN(CC(C)(C)O)CC2)c1. The lowest BCUT2D eigenvalue weighted by atomic mass is 10.1. The fourth-order valence-corrected chi connectivity index (χ4v) is 2.68. The van der Waals surface area contributed by atoms with Crippen LogP contribution < -0.4 is 4.74 Å². The Hall–Kier alpha value is -1.10. The average molecular weight is 278 g/mol. The Morgan fingerprint density at radius 1 is 1.15 bits per heavy atom. The van der Waals surface area contributed by atoms with Crippen LogP contribution in [0.2, 0.25) is 0 Å². The van der Waals surface area contributed by atoms with Crippen LogP contribution in [0, 0.1) is 0 Å². The van der Waals surface area contributed by atoms with Crippen molar-refractivity contribution in [2.45, 2.75) is 26.0 Å². The molecular formula is C16H26N2O2. The van der Waals surface area contributed by atoms with Crippen molar-refractivity contribution in [3.8, 4) is 5.75 Å². The predicted octanol–water partition coefficient (Wildman–Crippen LogP) is 1.58. The van der Waals surface area contributed by atoms with Crippen LogP contribution in [0.25, 0.3) is 0 Å². The molecule has 0 unspecified atom stereocenters. The molecule has 0 radical (unpaired) electrons. The zero-order chi connectivity index (χ0) is 14.6. The van der Waals surface area contributed by atoms with Crippen molar-refractivity contribution in [3.05, 3.63) is 29.8 Å². The maximum Gasteiger partial charge on any atom is 0.119 e. The molecule has 4 heteroatoms. The quantitative estimate of drug-likeness (QED) is 0.887. The van der Waals surface area contributed by atoms with Gasteiger partial charge in [-0.05, 0) is 31.5 Å². The normalized spacial score (nSPS) is 18.2. The van der Waals surface area contributed by atoms with E-state index in [9.17, 15) is 5.11 Å². The van der Waals surface area contributed by atoms with E-state index in [4.69, 9.17) is 4.74 Å². The molecule has 20 heavy (non-hydrogen) atoms. The monoisotopic (exact) mass is 278 g/mol. The molecule has 2 rings (SSSR count). The topological polar surface area (TPSA) is 35.9 Å². The first-order valence-corrected chi connectivity index (χ1v) is 7.26. The molecule has 0 amide bonds. The van der Waals surface area contributed by atoms with Crippen molar-refractivity contribution in [1.82, 2.24) is 9.80 Å². The van der Waals surface area contributed by atoms with Crippen molar-refractivity contribution in [3.63, 3.8) is 0 Å². The van der Waals surface area contributed by atoms with Gasteiger partial charge in [-0.2, -0.15) is 0 Å². The van der Waals surface area contributed by atoms with Crippen LogP contribution in [0.15, 0.2) is 24.3 Å². The number of aliphatic hydroxyl groups is 1. The molecule has 1 saturated heterocycles. The molecule has 1 aliphatic heterocycles. The van der Waals surface area contributed by atoms with Gasteiger partial charge in [-0.3, -0.25) is 9.80 Å². The second-order valence-corrected chi connectivity index (χ2v) is 6.22. The van der Waals surface area contributed by atoms with Crippen LogP contribution in [0.1, 0.15) is 19.4 Å². The Morgan fingerprint density at radius 2 is 1.80 bits per heavy atom.